The zero-order chi connectivity index (χ0) is 17.4. The Hall–Kier alpha value is -1.95. The normalized spacial score (nSPS) is 17.9. The lowest BCUT2D eigenvalue weighted by Gasteiger charge is -2.44. The van der Waals surface area contributed by atoms with Gasteiger partial charge in [0.2, 0.25) is 0 Å². The third-order valence-electron chi connectivity index (χ3n) is 5.46. The van der Waals surface area contributed by atoms with Gasteiger partial charge in [0.1, 0.15) is 5.76 Å². The number of hydrogen-bond donors (Lipinski definition) is 0. The molecule has 0 amide bonds. The van der Waals surface area contributed by atoms with Gasteiger partial charge in [-0.1, -0.05) is 13.8 Å². The van der Waals surface area contributed by atoms with E-state index in [1.807, 2.05) is 0 Å². The Bertz CT molecular complexity index is 735. The summed E-state index contributed by atoms with van der Waals surface area (Å²) in [7, 11) is 2.17. The van der Waals surface area contributed by atoms with Crippen LogP contribution in [-0.2, 0) is 19.4 Å². The van der Waals surface area contributed by atoms with Gasteiger partial charge < -0.3 is 9.32 Å². The van der Waals surface area contributed by atoms with Crippen LogP contribution in [0.15, 0.2) is 16.9 Å². The first kappa shape index (κ1) is 16.5. The molecule has 6 heteroatoms. The zero-order valence-electron chi connectivity index (χ0n) is 15.4. The van der Waals surface area contributed by atoms with Crippen LogP contribution in [0.4, 0.5) is 5.82 Å². The van der Waals surface area contributed by atoms with Gasteiger partial charge in [0.15, 0.2) is 12.2 Å². The number of anilines is 1. The Morgan fingerprint density at radius 3 is 2.84 bits per heavy atom. The van der Waals surface area contributed by atoms with Crippen molar-refractivity contribution in [3.63, 3.8) is 0 Å². The number of aryl methyl sites for hydroxylation is 2. The molecule has 2 aromatic heterocycles. The molecule has 2 aliphatic rings. The zero-order valence-corrected chi connectivity index (χ0v) is 15.4. The van der Waals surface area contributed by atoms with E-state index in [9.17, 15) is 0 Å². The average Bonchev–Trinajstić information content (AvgIpc) is 3.01. The summed E-state index contributed by atoms with van der Waals surface area (Å²) in [5.41, 5.74) is 3.66. The van der Waals surface area contributed by atoms with Crippen molar-refractivity contribution in [1.29, 1.82) is 0 Å². The lowest BCUT2D eigenvalue weighted by Crippen LogP contribution is -2.58. The van der Waals surface area contributed by atoms with Crippen LogP contribution in [-0.4, -0.2) is 46.3 Å². The van der Waals surface area contributed by atoms with Crippen LogP contribution in [0.25, 0.3) is 0 Å². The predicted octanol–water partition coefficient (Wildman–Crippen LogP) is 2.79. The van der Waals surface area contributed by atoms with Gasteiger partial charge in [-0.3, -0.25) is 4.90 Å². The molecule has 0 N–H and O–H groups in total. The first-order valence-electron chi connectivity index (χ1n) is 9.34. The fourth-order valence-electron chi connectivity index (χ4n) is 3.79. The fourth-order valence-corrected chi connectivity index (χ4v) is 3.79. The van der Waals surface area contributed by atoms with E-state index in [0.717, 1.165) is 49.7 Å². The van der Waals surface area contributed by atoms with Crippen molar-refractivity contribution in [2.45, 2.75) is 58.0 Å². The van der Waals surface area contributed by atoms with E-state index in [0.29, 0.717) is 12.0 Å². The number of hydrogen-bond acceptors (Lipinski definition) is 6. The Labute approximate surface area is 149 Å². The van der Waals surface area contributed by atoms with Crippen LogP contribution >= 0.6 is 0 Å². The van der Waals surface area contributed by atoms with Crippen molar-refractivity contribution in [2.24, 2.45) is 0 Å². The maximum atomic E-state index is 5.54. The highest BCUT2D eigenvalue weighted by atomic mass is 16.3. The van der Waals surface area contributed by atoms with Gasteiger partial charge in [0, 0.05) is 31.6 Å². The number of nitrogens with zero attached hydrogens (tertiary/aromatic N) is 5. The largest absolute Gasteiger partial charge is 0.448 e. The van der Waals surface area contributed by atoms with E-state index in [-0.39, 0.29) is 0 Å². The standard InChI is InChI=1S/C19H27N5O/c1-13(2)19-17(20-12-25-19)11-23(3)15-9-24(10-15)18-8-14-6-4-5-7-16(14)21-22-18/h8,12-13,15H,4-7,9-11H2,1-3H3. The minimum atomic E-state index is 0.370. The average molecular weight is 341 g/mol. The van der Waals surface area contributed by atoms with E-state index in [2.05, 4.69) is 51.9 Å². The van der Waals surface area contributed by atoms with E-state index in [4.69, 9.17) is 4.42 Å². The number of fused-ring (bicyclic) bond motifs is 1. The summed E-state index contributed by atoms with van der Waals surface area (Å²) in [5, 5.41) is 8.91. The monoisotopic (exact) mass is 341 g/mol. The van der Waals surface area contributed by atoms with Crippen LogP contribution in [0.3, 0.4) is 0 Å². The third-order valence-corrected chi connectivity index (χ3v) is 5.46. The lowest BCUT2D eigenvalue weighted by atomic mass is 9.96. The summed E-state index contributed by atoms with van der Waals surface area (Å²) in [4.78, 5) is 9.10. The van der Waals surface area contributed by atoms with Crippen molar-refractivity contribution in [3.05, 3.63) is 35.2 Å². The molecule has 6 nitrogen and oxygen atoms in total. The van der Waals surface area contributed by atoms with Gasteiger partial charge in [-0.2, -0.15) is 5.10 Å². The molecule has 0 unspecified atom stereocenters. The first-order chi connectivity index (χ1) is 12.1. The molecule has 1 aliphatic carbocycles. The first-order valence-corrected chi connectivity index (χ1v) is 9.34. The quantitative estimate of drug-likeness (QED) is 0.833. The van der Waals surface area contributed by atoms with Crippen LogP contribution in [0.5, 0.6) is 0 Å². The molecule has 0 saturated carbocycles. The van der Waals surface area contributed by atoms with Crippen LogP contribution < -0.4 is 4.90 Å². The van der Waals surface area contributed by atoms with Crippen molar-refractivity contribution < 1.29 is 4.42 Å². The topological polar surface area (TPSA) is 58.3 Å². The molecule has 4 rings (SSSR count). The van der Waals surface area contributed by atoms with Crippen LogP contribution in [0, 0.1) is 0 Å². The van der Waals surface area contributed by atoms with Crippen molar-refractivity contribution in [3.8, 4) is 0 Å². The molecule has 1 saturated heterocycles. The Morgan fingerprint density at radius 1 is 1.24 bits per heavy atom. The highest BCUT2D eigenvalue weighted by molar-refractivity contribution is 5.45. The Morgan fingerprint density at radius 2 is 2.04 bits per heavy atom. The third kappa shape index (κ3) is 3.27. The van der Waals surface area contributed by atoms with Crippen molar-refractivity contribution in [2.75, 3.05) is 25.0 Å². The van der Waals surface area contributed by atoms with Crippen LogP contribution in [0.1, 0.15) is 55.3 Å². The van der Waals surface area contributed by atoms with Gasteiger partial charge in [-0.25, -0.2) is 4.98 Å². The number of aromatic nitrogens is 3. The molecule has 25 heavy (non-hydrogen) atoms. The second kappa shape index (κ2) is 6.75. The summed E-state index contributed by atoms with van der Waals surface area (Å²) < 4.78 is 5.54. The maximum Gasteiger partial charge on any atom is 0.181 e. The molecule has 1 fully saturated rings. The summed E-state index contributed by atoms with van der Waals surface area (Å²) in [6.45, 7) is 7.11. The second-order valence-corrected chi connectivity index (χ2v) is 7.67. The van der Waals surface area contributed by atoms with Gasteiger partial charge in [0.05, 0.1) is 11.4 Å². The van der Waals surface area contributed by atoms with E-state index >= 15 is 0 Å². The van der Waals surface area contributed by atoms with Crippen molar-refractivity contribution >= 4 is 5.82 Å². The smallest absolute Gasteiger partial charge is 0.181 e. The molecule has 1 aliphatic heterocycles. The molecule has 0 radical (unpaired) electrons. The number of likely N-dealkylation sites (N-methyl/N-ethyl adjacent to an activating group) is 1. The summed E-state index contributed by atoms with van der Waals surface area (Å²) in [6.07, 6.45) is 6.33. The van der Waals surface area contributed by atoms with Crippen LogP contribution in [0.2, 0.25) is 0 Å². The van der Waals surface area contributed by atoms with Crippen molar-refractivity contribution in [1.82, 2.24) is 20.1 Å². The van der Waals surface area contributed by atoms with Gasteiger partial charge in [-0.05, 0) is 44.4 Å². The Kier molecular flexibility index (Phi) is 4.46. The molecule has 134 valence electrons. The Balaban J connectivity index is 1.36. The summed E-state index contributed by atoms with van der Waals surface area (Å²) in [5.74, 6) is 2.41. The fraction of sp³-hybridized carbons (Fsp3) is 0.632. The van der Waals surface area contributed by atoms with Gasteiger partial charge >= 0.3 is 0 Å². The summed E-state index contributed by atoms with van der Waals surface area (Å²) >= 11 is 0. The minimum Gasteiger partial charge on any atom is -0.448 e. The molecule has 3 heterocycles. The van der Waals surface area contributed by atoms with Gasteiger partial charge in [-0.15, -0.1) is 5.10 Å². The molecular weight excluding hydrogens is 314 g/mol. The minimum absolute atomic E-state index is 0.370. The van der Waals surface area contributed by atoms with E-state index in [1.54, 1.807) is 6.39 Å². The van der Waals surface area contributed by atoms with E-state index < -0.39 is 0 Å². The lowest BCUT2D eigenvalue weighted by molar-refractivity contribution is 0.193. The molecule has 0 atom stereocenters. The number of oxazole rings is 1. The van der Waals surface area contributed by atoms with Gasteiger partial charge in [0.25, 0.3) is 0 Å². The second-order valence-electron chi connectivity index (χ2n) is 7.67. The molecule has 2 aromatic rings. The summed E-state index contributed by atoms with van der Waals surface area (Å²) in [6, 6.07) is 2.78. The molecular formula is C19H27N5O. The predicted molar refractivity (Wildman–Crippen MR) is 96.7 cm³/mol. The highest BCUT2D eigenvalue weighted by Crippen LogP contribution is 2.27. The van der Waals surface area contributed by atoms with E-state index in [1.165, 1.54) is 24.1 Å². The maximum absolute atomic E-state index is 5.54. The highest BCUT2D eigenvalue weighted by Gasteiger charge is 2.32. The number of rotatable bonds is 5. The molecule has 0 bridgehead atoms. The molecule has 0 spiro atoms. The molecule has 0 aromatic carbocycles. The SMILES string of the molecule is CC(C)c1ocnc1CN(C)C1CN(c2cc3c(nn2)CCCC3)C1.